The topological polar surface area (TPSA) is 174 Å². The van der Waals surface area contributed by atoms with Gasteiger partial charge in [-0.05, 0) is 69.1 Å². The first-order valence-electron chi connectivity index (χ1n) is 11.8. The number of primary amides is 1. The van der Waals surface area contributed by atoms with Gasteiger partial charge in [-0.2, -0.15) is 0 Å². The Morgan fingerprint density at radius 3 is 2.43 bits per heavy atom. The Bertz CT molecular complexity index is 1440. The van der Waals surface area contributed by atoms with Crippen LogP contribution in [0.1, 0.15) is 23.1 Å². The number of phenols is 1. The molecule has 0 radical (unpaired) electrons. The van der Waals surface area contributed by atoms with Gasteiger partial charge in [0.25, 0.3) is 5.91 Å². The van der Waals surface area contributed by atoms with Gasteiger partial charge in [-0.3, -0.25) is 24.3 Å². The van der Waals surface area contributed by atoms with E-state index in [0.29, 0.717) is 16.8 Å². The van der Waals surface area contributed by atoms with Crippen molar-refractivity contribution in [1.82, 2.24) is 9.88 Å². The number of pyridine rings is 1. The molecule has 4 atom stereocenters. The molecule has 10 nitrogen and oxygen atoms in total. The molecule has 10 heteroatoms. The number of aliphatic hydroxyl groups excluding tert-OH is 2. The van der Waals surface area contributed by atoms with Crippen LogP contribution in [0, 0.1) is 18.8 Å². The van der Waals surface area contributed by atoms with Crippen LogP contribution >= 0.6 is 0 Å². The van der Waals surface area contributed by atoms with Gasteiger partial charge in [0.05, 0.1) is 17.3 Å². The van der Waals surface area contributed by atoms with Gasteiger partial charge in [0, 0.05) is 23.3 Å². The lowest BCUT2D eigenvalue weighted by atomic mass is 9.57. The van der Waals surface area contributed by atoms with Crippen molar-refractivity contribution in [2.24, 2.45) is 17.6 Å². The summed E-state index contributed by atoms with van der Waals surface area (Å²) in [4.78, 5) is 45.0. The van der Waals surface area contributed by atoms with Gasteiger partial charge >= 0.3 is 0 Å². The molecule has 1 amide bonds. The molecule has 1 saturated carbocycles. The number of fused-ring (bicyclic) bond motifs is 3. The summed E-state index contributed by atoms with van der Waals surface area (Å²) in [6.07, 6.45) is 1.93. The molecule has 1 fully saturated rings. The molecule has 0 unspecified atom stereocenters. The van der Waals surface area contributed by atoms with Crippen molar-refractivity contribution < 1.29 is 34.8 Å². The number of Topliss-reactive ketones (excluding diaryl/α,β-unsaturated/α-hetero) is 2. The quantitative estimate of drug-likeness (QED) is 0.386. The van der Waals surface area contributed by atoms with E-state index in [1.54, 1.807) is 26.4 Å². The summed E-state index contributed by atoms with van der Waals surface area (Å²) in [5.74, 6) is -6.75. The molecular weight excluding hydrogens is 478 g/mol. The number of nitrogens with zero attached hydrogens (tertiary/aromatic N) is 2. The number of likely N-dealkylation sites (N-methyl/N-ethyl adjacent to an activating group) is 1. The molecule has 5 rings (SSSR count). The lowest BCUT2D eigenvalue weighted by molar-refractivity contribution is -0.153. The maximum Gasteiger partial charge on any atom is 0.255 e. The van der Waals surface area contributed by atoms with Crippen LogP contribution in [-0.4, -0.2) is 73.5 Å². The molecule has 0 bridgehead atoms. The van der Waals surface area contributed by atoms with Crippen molar-refractivity contribution in [3.8, 4) is 17.0 Å². The van der Waals surface area contributed by atoms with Crippen LogP contribution in [0.3, 0.4) is 0 Å². The average molecular weight is 506 g/mol. The van der Waals surface area contributed by atoms with Crippen LogP contribution in [0.4, 0.5) is 0 Å². The van der Waals surface area contributed by atoms with Crippen molar-refractivity contribution >= 4 is 23.2 Å². The third-order valence-corrected chi connectivity index (χ3v) is 7.79. The van der Waals surface area contributed by atoms with E-state index in [0.717, 1.165) is 5.56 Å². The van der Waals surface area contributed by atoms with E-state index >= 15 is 0 Å². The van der Waals surface area contributed by atoms with Crippen molar-refractivity contribution in [2.75, 3.05) is 14.1 Å². The average Bonchev–Trinajstić information content (AvgIpc) is 2.82. The smallest absolute Gasteiger partial charge is 0.255 e. The number of hydrogen-bond donors (Lipinski definition) is 5. The molecule has 0 spiro atoms. The first-order chi connectivity index (χ1) is 17.4. The highest BCUT2D eigenvalue weighted by Gasteiger charge is 2.64. The highest BCUT2D eigenvalue weighted by Crippen LogP contribution is 2.53. The highest BCUT2D eigenvalue weighted by atomic mass is 16.3. The summed E-state index contributed by atoms with van der Waals surface area (Å²) in [6.45, 7) is 1.90. The number of benzene rings is 1. The van der Waals surface area contributed by atoms with Crippen LogP contribution in [0.25, 0.3) is 17.0 Å². The van der Waals surface area contributed by atoms with Crippen molar-refractivity contribution in [1.29, 1.82) is 0 Å². The molecule has 1 aromatic carbocycles. The van der Waals surface area contributed by atoms with Crippen LogP contribution in [0.2, 0.25) is 0 Å². The van der Waals surface area contributed by atoms with Crippen molar-refractivity contribution in [3.63, 3.8) is 0 Å². The van der Waals surface area contributed by atoms with Crippen LogP contribution in [-0.2, 0) is 20.8 Å². The van der Waals surface area contributed by atoms with Gasteiger partial charge in [0.1, 0.15) is 22.8 Å². The van der Waals surface area contributed by atoms with Gasteiger partial charge in [0.15, 0.2) is 11.4 Å². The monoisotopic (exact) mass is 505 g/mol. The largest absolute Gasteiger partial charge is 0.508 e. The van der Waals surface area contributed by atoms with E-state index in [1.807, 2.05) is 19.1 Å². The number of aromatic hydroxyl groups is 1. The summed E-state index contributed by atoms with van der Waals surface area (Å²) in [5, 5.41) is 44.5. The Morgan fingerprint density at radius 1 is 1.14 bits per heavy atom. The maximum absolute atomic E-state index is 13.9. The number of hydrogen-bond acceptors (Lipinski definition) is 9. The van der Waals surface area contributed by atoms with Crippen molar-refractivity contribution in [3.05, 3.63) is 64.1 Å². The molecule has 3 aliphatic rings. The molecule has 3 aliphatic carbocycles. The number of carbonyl (C=O) groups excluding carboxylic acids is 3. The lowest BCUT2D eigenvalue weighted by Gasteiger charge is -2.50. The predicted molar refractivity (Wildman–Crippen MR) is 132 cm³/mol. The lowest BCUT2D eigenvalue weighted by Crippen LogP contribution is -2.65. The van der Waals surface area contributed by atoms with E-state index in [9.17, 15) is 34.8 Å². The van der Waals surface area contributed by atoms with Crippen LogP contribution in [0.15, 0.2) is 47.4 Å². The number of phenolic OH excluding ortho intramolecular Hbond substituents is 1. The fourth-order valence-electron chi connectivity index (χ4n) is 6.11. The Balaban J connectivity index is 1.74. The molecule has 6 N–H and O–H groups in total. The Labute approximate surface area is 212 Å². The summed E-state index contributed by atoms with van der Waals surface area (Å²) in [5.41, 5.74) is 4.51. The third kappa shape index (κ3) is 3.32. The zero-order valence-electron chi connectivity index (χ0n) is 20.5. The first kappa shape index (κ1) is 24.7. The van der Waals surface area contributed by atoms with E-state index in [1.165, 1.54) is 11.0 Å². The number of amides is 1. The summed E-state index contributed by atoms with van der Waals surface area (Å²) < 4.78 is 0. The van der Waals surface area contributed by atoms with Crippen LogP contribution in [0.5, 0.6) is 5.75 Å². The Kier molecular flexibility index (Phi) is 5.50. The standard InChI is InChI=1S/C27H27N3O7/c1-11-4-6-16(29-10-11)13-5-7-17(31)19-14(13)8-12-9-15-21(30(2)3)23(33)20(26(28)36)25(35)27(15,37)24(34)18(12)22(19)32/h4-7,10,12,15,21,31-32,35,37H,8-9H2,1-3H3,(H2,28,36)/t12-,15-,21-,27-/m1/s1. The fourth-order valence-corrected chi connectivity index (χ4v) is 6.11. The number of carbonyl (C=O) groups is 3. The SMILES string of the molecule is Cc1ccc(-c2ccc(O)c3c2C[C@@H]2C[C@@H]4[C@@H](N(C)C)C(=O)C(C(N)=O)=C(O)[C@]4(O)C(=O)C2=C3O)nc1. The van der Waals surface area contributed by atoms with E-state index in [2.05, 4.69) is 4.98 Å². The van der Waals surface area contributed by atoms with Crippen LogP contribution < -0.4 is 5.73 Å². The molecule has 37 heavy (non-hydrogen) atoms. The van der Waals surface area contributed by atoms with Gasteiger partial charge in [-0.15, -0.1) is 0 Å². The minimum absolute atomic E-state index is 0.0299. The minimum Gasteiger partial charge on any atom is -0.508 e. The summed E-state index contributed by atoms with van der Waals surface area (Å²) in [7, 11) is 3.12. The van der Waals surface area contributed by atoms with Gasteiger partial charge in [-0.25, -0.2) is 0 Å². The second-order valence-electron chi connectivity index (χ2n) is 10.2. The fraction of sp³-hybridized carbons (Fsp3) is 0.333. The second-order valence-corrected chi connectivity index (χ2v) is 10.2. The molecule has 192 valence electrons. The van der Waals surface area contributed by atoms with Crippen molar-refractivity contribution in [2.45, 2.75) is 31.4 Å². The minimum atomic E-state index is -2.66. The number of aliphatic hydroxyl groups is 3. The predicted octanol–water partition coefficient (Wildman–Crippen LogP) is 1.33. The molecule has 1 heterocycles. The van der Waals surface area contributed by atoms with E-state index < -0.39 is 58.0 Å². The molecule has 2 aromatic rings. The maximum atomic E-state index is 13.9. The van der Waals surface area contributed by atoms with Gasteiger partial charge in [-0.1, -0.05) is 6.07 Å². The summed E-state index contributed by atoms with van der Waals surface area (Å²) >= 11 is 0. The number of nitrogens with two attached hydrogens (primary N) is 1. The molecule has 0 saturated heterocycles. The third-order valence-electron chi connectivity index (χ3n) is 7.79. The van der Waals surface area contributed by atoms with E-state index in [4.69, 9.17) is 5.73 Å². The Hall–Kier alpha value is -4.02. The normalized spacial score (nSPS) is 27.2. The number of rotatable bonds is 3. The molecule has 1 aromatic heterocycles. The summed E-state index contributed by atoms with van der Waals surface area (Å²) in [6, 6.07) is 5.66. The molecule has 0 aliphatic heterocycles. The number of aryl methyl sites for hydroxylation is 1. The Morgan fingerprint density at radius 2 is 1.84 bits per heavy atom. The van der Waals surface area contributed by atoms with Gasteiger partial charge in [0.2, 0.25) is 5.78 Å². The first-order valence-corrected chi connectivity index (χ1v) is 11.8. The molecular formula is C27H27N3O7. The number of ketones is 2. The van der Waals surface area contributed by atoms with Gasteiger partial charge < -0.3 is 26.2 Å². The second kappa shape index (κ2) is 8.25. The number of aromatic nitrogens is 1. The van der Waals surface area contributed by atoms with E-state index in [-0.39, 0.29) is 29.7 Å². The zero-order chi connectivity index (χ0) is 27.0. The highest BCUT2D eigenvalue weighted by molar-refractivity contribution is 6.24. The zero-order valence-corrected chi connectivity index (χ0v) is 20.5.